The first kappa shape index (κ1) is 17.0. The third-order valence-electron chi connectivity index (χ3n) is 2.80. The first-order chi connectivity index (χ1) is 10.7. The van der Waals surface area contributed by atoms with Crippen LogP contribution in [0.3, 0.4) is 0 Å². The Bertz CT molecular complexity index is 841. The molecule has 124 valence electrons. The van der Waals surface area contributed by atoms with Gasteiger partial charge in [0.25, 0.3) is 10.0 Å². The molecule has 0 radical (unpaired) electrons. The molecule has 0 saturated carbocycles. The molecule has 0 unspecified atom stereocenters. The summed E-state index contributed by atoms with van der Waals surface area (Å²) in [5, 5.41) is 0. The summed E-state index contributed by atoms with van der Waals surface area (Å²) in [5.41, 5.74) is -1.66. The van der Waals surface area contributed by atoms with Gasteiger partial charge in [-0.2, -0.15) is 0 Å². The molecule has 10 heteroatoms. The fourth-order valence-electron chi connectivity index (χ4n) is 1.66. The molecule has 0 saturated heterocycles. The van der Waals surface area contributed by atoms with Gasteiger partial charge in [0.2, 0.25) is 5.82 Å². The van der Waals surface area contributed by atoms with Gasteiger partial charge in [0.1, 0.15) is 11.4 Å². The lowest BCUT2D eigenvalue weighted by atomic mass is 10.2. The average Bonchev–Trinajstić information content (AvgIpc) is 2.55. The van der Waals surface area contributed by atoms with Crippen LogP contribution in [0, 0.1) is 29.1 Å². The van der Waals surface area contributed by atoms with Gasteiger partial charge in [-0.05, 0) is 12.1 Å². The third-order valence-corrected chi connectivity index (χ3v) is 4.15. The number of methoxy groups -OCH3 is 1. The predicted molar refractivity (Wildman–Crippen MR) is 70.0 cm³/mol. The van der Waals surface area contributed by atoms with Crippen molar-refractivity contribution in [3.05, 3.63) is 53.4 Å². The lowest BCUT2D eigenvalue weighted by molar-refractivity contribution is 0.382. The molecule has 2 rings (SSSR count). The van der Waals surface area contributed by atoms with E-state index in [1.807, 2.05) is 0 Å². The summed E-state index contributed by atoms with van der Waals surface area (Å²) < 4.78 is 96.4. The number of ether oxygens (including phenoxy) is 1. The zero-order valence-corrected chi connectivity index (χ0v) is 12.1. The van der Waals surface area contributed by atoms with E-state index in [4.69, 9.17) is 4.74 Å². The number of benzene rings is 2. The molecular formula is C13H8F5NO3S. The second kappa shape index (κ2) is 6.03. The molecule has 2 aromatic rings. The van der Waals surface area contributed by atoms with Crippen LogP contribution in [0.2, 0.25) is 0 Å². The van der Waals surface area contributed by atoms with E-state index >= 15 is 0 Å². The first-order valence-corrected chi connectivity index (χ1v) is 7.35. The zero-order valence-electron chi connectivity index (χ0n) is 11.3. The molecule has 0 aliphatic carbocycles. The maximum absolute atomic E-state index is 13.5. The summed E-state index contributed by atoms with van der Waals surface area (Å²) in [5.74, 6) is -11.4. The Morgan fingerprint density at radius 1 is 0.913 bits per heavy atom. The minimum absolute atomic E-state index is 0.116. The lowest BCUT2D eigenvalue weighted by Crippen LogP contribution is -2.17. The van der Waals surface area contributed by atoms with Gasteiger partial charge in [-0.15, -0.1) is 0 Å². The Morgan fingerprint density at radius 2 is 1.43 bits per heavy atom. The van der Waals surface area contributed by atoms with Crippen molar-refractivity contribution in [3.8, 4) is 5.75 Å². The van der Waals surface area contributed by atoms with Crippen molar-refractivity contribution in [3.63, 3.8) is 0 Å². The lowest BCUT2D eigenvalue weighted by Gasteiger charge is -2.12. The highest BCUT2D eigenvalue weighted by Crippen LogP contribution is 2.29. The predicted octanol–water partition coefficient (Wildman–Crippen LogP) is 3.19. The molecule has 4 nitrogen and oxygen atoms in total. The Kier molecular flexibility index (Phi) is 4.46. The molecule has 0 bridgehead atoms. The molecular weight excluding hydrogens is 345 g/mol. The maximum atomic E-state index is 13.5. The highest BCUT2D eigenvalue weighted by Gasteiger charge is 2.29. The van der Waals surface area contributed by atoms with Crippen LogP contribution in [0.5, 0.6) is 5.75 Å². The van der Waals surface area contributed by atoms with Gasteiger partial charge in [0.05, 0.1) is 12.0 Å². The van der Waals surface area contributed by atoms with Crippen LogP contribution in [-0.4, -0.2) is 15.5 Å². The number of anilines is 1. The van der Waals surface area contributed by atoms with E-state index in [1.54, 1.807) is 0 Å². The zero-order chi connectivity index (χ0) is 17.4. The molecule has 0 aromatic heterocycles. The van der Waals surface area contributed by atoms with Gasteiger partial charge in [-0.1, -0.05) is 6.07 Å². The molecule has 23 heavy (non-hydrogen) atoms. The normalized spacial score (nSPS) is 11.4. The topological polar surface area (TPSA) is 55.4 Å². The number of rotatable bonds is 4. The fourth-order valence-corrected chi connectivity index (χ4v) is 2.75. The summed E-state index contributed by atoms with van der Waals surface area (Å²) in [6, 6.07) is 4.73. The van der Waals surface area contributed by atoms with Gasteiger partial charge in [-0.25, -0.2) is 30.4 Å². The van der Waals surface area contributed by atoms with E-state index in [1.165, 1.54) is 24.0 Å². The van der Waals surface area contributed by atoms with Crippen LogP contribution < -0.4 is 9.46 Å². The molecule has 0 aliphatic heterocycles. The average molecular weight is 353 g/mol. The second-order valence-electron chi connectivity index (χ2n) is 4.23. The number of sulfonamides is 1. The number of hydrogen-bond donors (Lipinski definition) is 1. The van der Waals surface area contributed by atoms with Crippen LogP contribution in [0.25, 0.3) is 0 Å². The van der Waals surface area contributed by atoms with Crippen molar-refractivity contribution in [2.24, 2.45) is 0 Å². The monoisotopic (exact) mass is 353 g/mol. The smallest absolute Gasteiger partial charge is 0.262 e. The van der Waals surface area contributed by atoms with E-state index in [2.05, 4.69) is 0 Å². The summed E-state index contributed by atoms with van der Waals surface area (Å²) in [7, 11) is -3.35. The molecule has 0 atom stereocenters. The molecule has 0 amide bonds. The third kappa shape index (κ3) is 3.07. The minimum atomic E-state index is -4.60. The fraction of sp³-hybridized carbons (Fsp3) is 0.0769. The van der Waals surface area contributed by atoms with Crippen molar-refractivity contribution in [2.75, 3.05) is 11.8 Å². The standard InChI is InChI=1S/C13H8F5NO3S/c1-22-6-3-2-4-7(5-6)23(20,21)19-13-11(17)9(15)8(14)10(16)12(13)18/h2-5,19H,1H3. The number of nitrogens with one attached hydrogen (secondary N) is 1. The van der Waals surface area contributed by atoms with Crippen LogP contribution in [-0.2, 0) is 10.0 Å². The Balaban J connectivity index is 2.54. The van der Waals surface area contributed by atoms with E-state index in [0.717, 1.165) is 12.1 Å². The molecule has 0 spiro atoms. The molecule has 1 N–H and O–H groups in total. The Labute approximate surface area is 127 Å². The molecule has 2 aromatic carbocycles. The van der Waals surface area contributed by atoms with Crippen molar-refractivity contribution in [1.29, 1.82) is 0 Å². The molecule has 0 aliphatic rings. The highest BCUT2D eigenvalue weighted by molar-refractivity contribution is 7.92. The second-order valence-corrected chi connectivity index (χ2v) is 5.91. The summed E-state index contributed by atoms with van der Waals surface area (Å²) >= 11 is 0. The molecule has 0 heterocycles. The summed E-state index contributed by atoms with van der Waals surface area (Å²) in [6.07, 6.45) is 0. The van der Waals surface area contributed by atoms with E-state index in [0.29, 0.717) is 0 Å². The summed E-state index contributed by atoms with van der Waals surface area (Å²) in [4.78, 5) is -0.485. The quantitative estimate of drug-likeness (QED) is 0.522. The Morgan fingerprint density at radius 3 is 1.96 bits per heavy atom. The Hall–Kier alpha value is -2.36. The molecule has 0 fully saturated rings. The van der Waals surface area contributed by atoms with E-state index < -0.39 is 49.7 Å². The van der Waals surface area contributed by atoms with Gasteiger partial charge in [0, 0.05) is 6.07 Å². The van der Waals surface area contributed by atoms with Crippen LogP contribution in [0.4, 0.5) is 27.6 Å². The van der Waals surface area contributed by atoms with Crippen molar-refractivity contribution in [2.45, 2.75) is 4.90 Å². The minimum Gasteiger partial charge on any atom is -0.497 e. The summed E-state index contributed by atoms with van der Waals surface area (Å²) in [6.45, 7) is 0. The largest absolute Gasteiger partial charge is 0.497 e. The number of hydrogen-bond acceptors (Lipinski definition) is 3. The van der Waals surface area contributed by atoms with Crippen LogP contribution in [0.1, 0.15) is 0 Å². The first-order valence-electron chi connectivity index (χ1n) is 5.87. The van der Waals surface area contributed by atoms with Crippen molar-refractivity contribution >= 4 is 15.7 Å². The SMILES string of the molecule is COc1cccc(S(=O)(=O)Nc2c(F)c(F)c(F)c(F)c2F)c1. The van der Waals surface area contributed by atoms with Gasteiger partial charge in [0.15, 0.2) is 23.3 Å². The van der Waals surface area contributed by atoms with Gasteiger partial charge in [-0.3, -0.25) is 4.72 Å². The maximum Gasteiger partial charge on any atom is 0.262 e. The number of halogens is 5. The van der Waals surface area contributed by atoms with Crippen molar-refractivity contribution in [1.82, 2.24) is 0 Å². The van der Waals surface area contributed by atoms with Crippen molar-refractivity contribution < 1.29 is 35.1 Å². The van der Waals surface area contributed by atoms with Crippen LogP contribution >= 0.6 is 0 Å². The van der Waals surface area contributed by atoms with Gasteiger partial charge >= 0.3 is 0 Å². The highest BCUT2D eigenvalue weighted by atomic mass is 32.2. The van der Waals surface area contributed by atoms with E-state index in [9.17, 15) is 30.4 Å². The van der Waals surface area contributed by atoms with Crippen LogP contribution in [0.15, 0.2) is 29.2 Å². The van der Waals surface area contributed by atoms with Gasteiger partial charge < -0.3 is 4.74 Å². The van der Waals surface area contributed by atoms with E-state index in [-0.39, 0.29) is 5.75 Å².